The molecule has 0 aliphatic heterocycles. The summed E-state index contributed by atoms with van der Waals surface area (Å²) >= 11 is 0. The van der Waals surface area contributed by atoms with Gasteiger partial charge in [0.25, 0.3) is 0 Å². The summed E-state index contributed by atoms with van der Waals surface area (Å²) < 4.78 is 13.2. The lowest BCUT2D eigenvalue weighted by Gasteiger charge is -2.01. The third-order valence-corrected chi connectivity index (χ3v) is 1.84. The SMILES string of the molecule is Cc1cccc(CC[N+](=O)[O-])c1F. The largest absolute Gasteiger partial charge is 0.265 e. The van der Waals surface area contributed by atoms with Crippen molar-refractivity contribution in [3.05, 3.63) is 45.3 Å². The van der Waals surface area contributed by atoms with Crippen LogP contribution in [0, 0.1) is 22.9 Å². The van der Waals surface area contributed by atoms with E-state index in [2.05, 4.69) is 0 Å². The Morgan fingerprint density at radius 1 is 1.54 bits per heavy atom. The second kappa shape index (κ2) is 3.98. The lowest BCUT2D eigenvalue weighted by atomic mass is 10.1. The highest BCUT2D eigenvalue weighted by molar-refractivity contribution is 5.24. The van der Waals surface area contributed by atoms with Crippen LogP contribution in [0.5, 0.6) is 0 Å². The van der Waals surface area contributed by atoms with Crippen LogP contribution in [-0.2, 0) is 6.42 Å². The summed E-state index contributed by atoms with van der Waals surface area (Å²) in [5.74, 6) is -0.329. The van der Waals surface area contributed by atoms with Crippen molar-refractivity contribution >= 4 is 0 Å². The Kier molecular flexibility index (Phi) is 2.95. The molecular formula is C9H10FNO2. The van der Waals surface area contributed by atoms with Crippen LogP contribution in [0.2, 0.25) is 0 Å². The Morgan fingerprint density at radius 2 is 2.23 bits per heavy atom. The van der Waals surface area contributed by atoms with Gasteiger partial charge in [0, 0.05) is 11.3 Å². The molecule has 0 saturated carbocycles. The molecule has 0 aliphatic carbocycles. The van der Waals surface area contributed by atoms with E-state index in [0.29, 0.717) is 11.1 Å². The molecule has 3 nitrogen and oxygen atoms in total. The molecule has 1 aromatic carbocycles. The van der Waals surface area contributed by atoms with Crippen LogP contribution in [0.4, 0.5) is 4.39 Å². The molecule has 0 unspecified atom stereocenters. The van der Waals surface area contributed by atoms with E-state index in [1.165, 1.54) is 0 Å². The van der Waals surface area contributed by atoms with E-state index in [4.69, 9.17) is 0 Å². The number of rotatable bonds is 3. The van der Waals surface area contributed by atoms with Gasteiger partial charge >= 0.3 is 0 Å². The molecule has 0 aliphatic rings. The number of hydrogen-bond donors (Lipinski definition) is 0. The van der Waals surface area contributed by atoms with Crippen LogP contribution in [0.1, 0.15) is 11.1 Å². The summed E-state index contributed by atoms with van der Waals surface area (Å²) in [5, 5.41) is 10.1. The minimum absolute atomic E-state index is 0.153. The molecule has 1 rings (SSSR count). The van der Waals surface area contributed by atoms with Crippen LogP contribution in [0.15, 0.2) is 18.2 Å². The van der Waals surface area contributed by atoms with Crippen LogP contribution < -0.4 is 0 Å². The zero-order valence-electron chi connectivity index (χ0n) is 7.29. The third kappa shape index (κ3) is 2.50. The van der Waals surface area contributed by atoms with E-state index in [9.17, 15) is 14.5 Å². The maximum atomic E-state index is 13.2. The molecule has 0 amide bonds. The van der Waals surface area contributed by atoms with E-state index >= 15 is 0 Å². The van der Waals surface area contributed by atoms with E-state index in [1.54, 1.807) is 25.1 Å². The van der Waals surface area contributed by atoms with Gasteiger partial charge in [0.15, 0.2) is 0 Å². The molecule has 0 aromatic heterocycles. The predicted molar refractivity (Wildman–Crippen MR) is 46.7 cm³/mol. The van der Waals surface area contributed by atoms with Crippen molar-refractivity contribution in [2.75, 3.05) is 6.54 Å². The van der Waals surface area contributed by atoms with Crippen molar-refractivity contribution in [3.63, 3.8) is 0 Å². The summed E-state index contributed by atoms with van der Waals surface area (Å²) in [4.78, 5) is 9.61. The van der Waals surface area contributed by atoms with Gasteiger partial charge in [-0.2, -0.15) is 0 Å². The monoisotopic (exact) mass is 183 g/mol. The Bertz CT molecular complexity index is 325. The van der Waals surface area contributed by atoms with Crippen LogP contribution in [0.3, 0.4) is 0 Å². The average Bonchev–Trinajstić information content (AvgIpc) is 2.07. The third-order valence-electron chi connectivity index (χ3n) is 1.84. The Balaban J connectivity index is 2.77. The zero-order valence-corrected chi connectivity index (χ0v) is 7.29. The van der Waals surface area contributed by atoms with E-state index in [1.807, 2.05) is 0 Å². The molecule has 0 heterocycles. The smallest absolute Gasteiger partial charge is 0.208 e. The van der Waals surface area contributed by atoms with Crippen molar-refractivity contribution in [2.45, 2.75) is 13.3 Å². The normalized spacial score (nSPS) is 10.0. The number of nitrogens with zero attached hydrogens (tertiary/aromatic N) is 1. The fourth-order valence-electron chi connectivity index (χ4n) is 1.11. The van der Waals surface area contributed by atoms with Gasteiger partial charge in [-0.25, -0.2) is 4.39 Å². The quantitative estimate of drug-likeness (QED) is 0.531. The lowest BCUT2D eigenvalue weighted by Crippen LogP contribution is -2.05. The number of aryl methyl sites for hydroxylation is 1. The first kappa shape index (κ1) is 9.64. The van der Waals surface area contributed by atoms with Crippen molar-refractivity contribution in [1.82, 2.24) is 0 Å². The van der Waals surface area contributed by atoms with Crippen molar-refractivity contribution in [2.24, 2.45) is 0 Å². The standard InChI is InChI=1S/C9H10FNO2/c1-7-3-2-4-8(9(7)10)5-6-11(12)13/h2-4H,5-6H2,1H3. The second-order valence-electron chi connectivity index (χ2n) is 2.85. The average molecular weight is 183 g/mol. The molecule has 0 saturated heterocycles. The number of halogens is 1. The summed E-state index contributed by atoms with van der Waals surface area (Å²) in [6, 6.07) is 4.92. The molecule has 0 atom stereocenters. The topological polar surface area (TPSA) is 43.1 Å². The Morgan fingerprint density at radius 3 is 2.85 bits per heavy atom. The first-order chi connectivity index (χ1) is 6.11. The molecule has 0 spiro atoms. The minimum atomic E-state index is -0.443. The molecular weight excluding hydrogens is 173 g/mol. The number of nitro groups is 1. The van der Waals surface area contributed by atoms with Gasteiger partial charge in [-0.1, -0.05) is 18.2 Å². The zero-order chi connectivity index (χ0) is 9.84. The van der Waals surface area contributed by atoms with Gasteiger partial charge in [-0.05, 0) is 18.1 Å². The van der Waals surface area contributed by atoms with E-state index < -0.39 is 4.92 Å². The molecule has 13 heavy (non-hydrogen) atoms. The fraction of sp³-hybridized carbons (Fsp3) is 0.333. The summed E-state index contributed by atoms with van der Waals surface area (Å²) in [6.07, 6.45) is 0.153. The van der Waals surface area contributed by atoms with E-state index in [-0.39, 0.29) is 18.8 Å². The first-order valence-electron chi connectivity index (χ1n) is 3.97. The first-order valence-corrected chi connectivity index (χ1v) is 3.97. The highest BCUT2D eigenvalue weighted by atomic mass is 19.1. The fourth-order valence-corrected chi connectivity index (χ4v) is 1.11. The van der Waals surface area contributed by atoms with Crippen LogP contribution >= 0.6 is 0 Å². The maximum Gasteiger partial charge on any atom is 0.208 e. The van der Waals surface area contributed by atoms with Gasteiger partial charge in [-0.3, -0.25) is 10.1 Å². The Labute approximate surface area is 75.3 Å². The highest BCUT2D eigenvalue weighted by Gasteiger charge is 2.06. The van der Waals surface area contributed by atoms with Gasteiger partial charge < -0.3 is 0 Å². The van der Waals surface area contributed by atoms with Crippen molar-refractivity contribution < 1.29 is 9.31 Å². The highest BCUT2D eigenvalue weighted by Crippen LogP contribution is 2.12. The minimum Gasteiger partial charge on any atom is -0.265 e. The van der Waals surface area contributed by atoms with Gasteiger partial charge in [0.1, 0.15) is 5.82 Å². The number of benzene rings is 1. The molecule has 1 aromatic rings. The van der Waals surface area contributed by atoms with Gasteiger partial charge in [-0.15, -0.1) is 0 Å². The second-order valence-corrected chi connectivity index (χ2v) is 2.85. The predicted octanol–water partition coefficient (Wildman–Crippen LogP) is 1.95. The van der Waals surface area contributed by atoms with Crippen LogP contribution in [0.25, 0.3) is 0 Å². The molecule has 70 valence electrons. The molecule has 0 bridgehead atoms. The van der Waals surface area contributed by atoms with Crippen LogP contribution in [-0.4, -0.2) is 11.5 Å². The summed E-state index contributed by atoms with van der Waals surface area (Å²) in [7, 11) is 0. The molecule has 0 radical (unpaired) electrons. The summed E-state index contributed by atoms with van der Waals surface area (Å²) in [6.45, 7) is 1.42. The lowest BCUT2D eigenvalue weighted by molar-refractivity contribution is -0.479. The number of hydrogen-bond acceptors (Lipinski definition) is 2. The molecule has 4 heteroatoms. The van der Waals surface area contributed by atoms with Gasteiger partial charge in [0.05, 0.1) is 0 Å². The van der Waals surface area contributed by atoms with E-state index in [0.717, 1.165) is 0 Å². The van der Waals surface area contributed by atoms with Crippen molar-refractivity contribution in [3.8, 4) is 0 Å². The van der Waals surface area contributed by atoms with Crippen molar-refractivity contribution in [1.29, 1.82) is 0 Å². The maximum absolute atomic E-state index is 13.2. The Hall–Kier alpha value is -1.45. The molecule has 0 fully saturated rings. The molecule has 0 N–H and O–H groups in total. The summed E-state index contributed by atoms with van der Waals surface area (Å²) in [5.41, 5.74) is 0.942. The van der Waals surface area contributed by atoms with Gasteiger partial charge in [0.2, 0.25) is 6.54 Å².